The Labute approximate surface area is 128 Å². The third-order valence-electron chi connectivity index (χ3n) is 3.28. The number of aliphatic hydroxyl groups is 1. The zero-order valence-corrected chi connectivity index (χ0v) is 12.8. The minimum Gasteiger partial charge on any atom is -0.480 e. The summed E-state index contributed by atoms with van der Waals surface area (Å²) in [6.45, 7) is 3.11. The van der Waals surface area contributed by atoms with Crippen LogP contribution in [-0.2, 0) is 4.79 Å². The van der Waals surface area contributed by atoms with Gasteiger partial charge in [-0.15, -0.1) is 0 Å². The summed E-state index contributed by atoms with van der Waals surface area (Å²) >= 11 is 5.81. The maximum Gasteiger partial charge on any atom is 0.328 e. The Morgan fingerprint density at radius 2 is 1.76 bits per heavy atom. The van der Waals surface area contributed by atoms with Crippen LogP contribution in [0.5, 0.6) is 0 Å². The van der Waals surface area contributed by atoms with Gasteiger partial charge in [0.1, 0.15) is 0 Å². The maximum absolute atomic E-state index is 12.1. The molecule has 0 saturated carbocycles. The molecule has 0 saturated heterocycles. The van der Waals surface area contributed by atoms with Crippen molar-refractivity contribution < 1.29 is 19.8 Å². The highest BCUT2D eigenvalue weighted by molar-refractivity contribution is 6.30. The van der Waals surface area contributed by atoms with Crippen LogP contribution in [0, 0.1) is 0 Å². The van der Waals surface area contributed by atoms with E-state index < -0.39 is 24.1 Å². The molecule has 0 radical (unpaired) electrons. The lowest BCUT2D eigenvalue weighted by atomic mass is 10.1. The molecule has 0 aliphatic rings. The highest BCUT2D eigenvalue weighted by Crippen LogP contribution is 2.20. The minimum absolute atomic E-state index is 0.272. The molecule has 0 aliphatic carbocycles. The highest BCUT2D eigenvalue weighted by Gasteiger charge is 2.27. The topological polar surface area (TPSA) is 89.9 Å². The standard InChI is InChI=1S/C14H19ClN2O4/c1-8(10-4-6-11(15)7-5-10)17(3)14(21)16-12(9(2)18)13(19)20/h4-9,12,18H,1-3H3,(H,16,21)(H,19,20). The van der Waals surface area contributed by atoms with Crippen molar-refractivity contribution in [2.24, 2.45) is 0 Å². The van der Waals surface area contributed by atoms with Gasteiger partial charge in [0.25, 0.3) is 0 Å². The van der Waals surface area contributed by atoms with E-state index in [9.17, 15) is 14.7 Å². The van der Waals surface area contributed by atoms with E-state index in [4.69, 9.17) is 16.7 Å². The zero-order chi connectivity index (χ0) is 16.2. The SMILES string of the molecule is CC(O)C(NC(=O)N(C)C(C)c1ccc(Cl)cc1)C(=O)O. The van der Waals surface area contributed by atoms with Gasteiger partial charge in [-0.1, -0.05) is 23.7 Å². The first kappa shape index (κ1) is 17.3. The van der Waals surface area contributed by atoms with Crippen molar-refractivity contribution in [3.63, 3.8) is 0 Å². The third-order valence-corrected chi connectivity index (χ3v) is 3.53. The molecule has 0 aromatic heterocycles. The van der Waals surface area contributed by atoms with Crippen LogP contribution in [0.1, 0.15) is 25.5 Å². The lowest BCUT2D eigenvalue weighted by Gasteiger charge is -2.28. The van der Waals surface area contributed by atoms with Gasteiger partial charge >= 0.3 is 12.0 Å². The van der Waals surface area contributed by atoms with Crippen LogP contribution in [0.15, 0.2) is 24.3 Å². The number of nitrogens with zero attached hydrogens (tertiary/aromatic N) is 1. The summed E-state index contributed by atoms with van der Waals surface area (Å²) in [6.07, 6.45) is -1.19. The Kier molecular flexibility index (Phi) is 5.99. The maximum atomic E-state index is 12.1. The van der Waals surface area contributed by atoms with Crippen molar-refractivity contribution in [1.29, 1.82) is 0 Å². The minimum atomic E-state index is -1.35. The summed E-state index contributed by atoms with van der Waals surface area (Å²) in [7, 11) is 1.55. The number of aliphatic carboxylic acids is 1. The first-order valence-electron chi connectivity index (χ1n) is 6.43. The Hall–Kier alpha value is -1.79. The molecule has 1 aromatic rings. The summed E-state index contributed by atoms with van der Waals surface area (Å²) < 4.78 is 0. The Morgan fingerprint density at radius 3 is 2.19 bits per heavy atom. The van der Waals surface area contributed by atoms with Crippen LogP contribution in [0.4, 0.5) is 4.79 Å². The first-order valence-corrected chi connectivity index (χ1v) is 6.81. The van der Waals surface area contributed by atoms with Crippen molar-refractivity contribution in [2.75, 3.05) is 7.05 Å². The summed E-state index contributed by atoms with van der Waals surface area (Å²) in [6, 6.07) is 4.82. The van der Waals surface area contributed by atoms with Gasteiger partial charge in [0.15, 0.2) is 6.04 Å². The number of amides is 2. The Bertz CT molecular complexity index is 504. The molecule has 0 aliphatic heterocycles. The predicted molar refractivity (Wildman–Crippen MR) is 79.3 cm³/mol. The molecule has 3 atom stereocenters. The van der Waals surface area contributed by atoms with Crippen LogP contribution in [0.25, 0.3) is 0 Å². The molecule has 1 rings (SSSR count). The summed E-state index contributed by atoms with van der Waals surface area (Å²) in [4.78, 5) is 24.4. The van der Waals surface area contributed by atoms with Gasteiger partial charge in [0, 0.05) is 12.1 Å². The third kappa shape index (κ3) is 4.61. The molecular weight excluding hydrogens is 296 g/mol. The number of hydrogen-bond donors (Lipinski definition) is 3. The molecule has 0 spiro atoms. The van der Waals surface area contributed by atoms with Gasteiger partial charge in [0.05, 0.1) is 12.1 Å². The van der Waals surface area contributed by atoms with E-state index in [0.29, 0.717) is 5.02 Å². The average Bonchev–Trinajstić information content (AvgIpc) is 2.42. The Balaban J connectivity index is 2.77. The number of urea groups is 1. The first-order chi connectivity index (χ1) is 9.73. The summed E-state index contributed by atoms with van der Waals surface area (Å²) in [5.41, 5.74) is 0.862. The molecule has 7 heteroatoms. The van der Waals surface area contributed by atoms with Gasteiger partial charge in [-0.2, -0.15) is 0 Å². The van der Waals surface area contributed by atoms with Crippen molar-refractivity contribution in [2.45, 2.75) is 32.0 Å². The van der Waals surface area contributed by atoms with E-state index in [1.165, 1.54) is 11.8 Å². The number of carbonyl (C=O) groups is 2. The van der Waals surface area contributed by atoms with Gasteiger partial charge in [0.2, 0.25) is 0 Å². The number of hydrogen-bond acceptors (Lipinski definition) is 3. The van der Waals surface area contributed by atoms with E-state index in [1.54, 1.807) is 38.2 Å². The van der Waals surface area contributed by atoms with Crippen molar-refractivity contribution in [1.82, 2.24) is 10.2 Å². The normalized spacial score (nSPS) is 14.9. The second kappa shape index (κ2) is 7.28. The van der Waals surface area contributed by atoms with Gasteiger partial charge in [-0.05, 0) is 31.5 Å². The predicted octanol–water partition coefficient (Wildman–Crippen LogP) is 1.88. The fourth-order valence-electron chi connectivity index (χ4n) is 1.76. The number of aliphatic hydroxyl groups excluding tert-OH is 1. The van der Waals surface area contributed by atoms with Crippen molar-refractivity contribution in [3.8, 4) is 0 Å². The highest BCUT2D eigenvalue weighted by atomic mass is 35.5. The molecule has 3 unspecified atom stereocenters. The molecule has 6 nitrogen and oxygen atoms in total. The molecule has 2 amide bonds. The van der Waals surface area contributed by atoms with Crippen molar-refractivity contribution in [3.05, 3.63) is 34.9 Å². The number of carbonyl (C=O) groups excluding carboxylic acids is 1. The number of carboxylic acids is 1. The van der Waals surface area contributed by atoms with E-state index in [-0.39, 0.29) is 6.04 Å². The van der Waals surface area contributed by atoms with E-state index in [0.717, 1.165) is 5.56 Å². The lowest BCUT2D eigenvalue weighted by molar-refractivity contribution is -0.141. The van der Waals surface area contributed by atoms with E-state index >= 15 is 0 Å². The number of carboxylic acid groups (broad SMARTS) is 1. The molecule has 3 N–H and O–H groups in total. The number of nitrogens with one attached hydrogen (secondary N) is 1. The van der Waals surface area contributed by atoms with Gasteiger partial charge < -0.3 is 20.4 Å². The number of halogens is 1. The second-order valence-corrected chi connectivity index (χ2v) is 5.28. The molecule has 0 fully saturated rings. The largest absolute Gasteiger partial charge is 0.480 e. The molecule has 21 heavy (non-hydrogen) atoms. The average molecular weight is 315 g/mol. The Morgan fingerprint density at radius 1 is 1.24 bits per heavy atom. The van der Waals surface area contributed by atoms with Crippen LogP contribution in [0.2, 0.25) is 5.02 Å². The zero-order valence-electron chi connectivity index (χ0n) is 12.1. The summed E-state index contributed by atoms with van der Waals surface area (Å²) in [5, 5.41) is 21.2. The molecule has 116 valence electrons. The van der Waals surface area contributed by atoms with Gasteiger partial charge in [-0.3, -0.25) is 0 Å². The molecule has 1 aromatic carbocycles. The van der Waals surface area contributed by atoms with Crippen molar-refractivity contribution >= 4 is 23.6 Å². The van der Waals surface area contributed by atoms with Gasteiger partial charge in [-0.25, -0.2) is 9.59 Å². The van der Waals surface area contributed by atoms with Crippen LogP contribution in [-0.4, -0.2) is 46.3 Å². The number of benzene rings is 1. The molecule has 0 bridgehead atoms. The van der Waals surface area contributed by atoms with E-state index in [1.807, 2.05) is 0 Å². The number of rotatable bonds is 5. The smallest absolute Gasteiger partial charge is 0.328 e. The molecular formula is C14H19ClN2O4. The lowest BCUT2D eigenvalue weighted by Crippen LogP contribution is -2.51. The molecule has 0 heterocycles. The fourth-order valence-corrected chi connectivity index (χ4v) is 1.89. The summed E-state index contributed by atoms with van der Waals surface area (Å²) in [5.74, 6) is -1.29. The monoisotopic (exact) mass is 314 g/mol. The van der Waals surface area contributed by atoms with Crippen LogP contribution < -0.4 is 5.32 Å². The van der Waals surface area contributed by atoms with Crippen LogP contribution in [0.3, 0.4) is 0 Å². The van der Waals surface area contributed by atoms with E-state index in [2.05, 4.69) is 5.32 Å². The van der Waals surface area contributed by atoms with Crippen LogP contribution >= 0.6 is 11.6 Å². The second-order valence-electron chi connectivity index (χ2n) is 4.84. The quantitative estimate of drug-likeness (QED) is 0.774. The fraction of sp³-hybridized carbons (Fsp3) is 0.429.